The van der Waals surface area contributed by atoms with Crippen molar-refractivity contribution in [3.05, 3.63) is 47.9 Å². The van der Waals surface area contributed by atoms with Crippen LogP contribution >= 0.6 is 0 Å². The first-order valence-electron chi connectivity index (χ1n) is 5.51. The van der Waals surface area contributed by atoms with Crippen LogP contribution in [0.5, 0.6) is 11.6 Å². The number of carbonyl (C=O) groups excluding carboxylic acids is 1. The molecule has 0 aliphatic heterocycles. The lowest BCUT2D eigenvalue weighted by molar-refractivity contribution is 0.0592. The van der Waals surface area contributed by atoms with Crippen molar-refractivity contribution >= 4 is 5.97 Å². The molecule has 6 heteroatoms. The molecule has 0 atom stereocenters. The summed E-state index contributed by atoms with van der Waals surface area (Å²) >= 11 is 0. The second-order valence-corrected chi connectivity index (χ2v) is 3.64. The van der Waals surface area contributed by atoms with Crippen molar-refractivity contribution in [1.82, 2.24) is 9.97 Å². The second-order valence-electron chi connectivity index (χ2n) is 3.64. The number of benzene rings is 1. The number of aliphatic hydroxyl groups is 1. The fraction of sp³-hybridized carbons (Fsp3) is 0.154. The first-order chi connectivity index (χ1) is 9.22. The highest BCUT2D eigenvalue weighted by Crippen LogP contribution is 2.19. The molecule has 1 aromatic heterocycles. The van der Waals surface area contributed by atoms with Gasteiger partial charge in [-0.25, -0.2) is 9.78 Å². The molecule has 0 unspecified atom stereocenters. The lowest BCUT2D eigenvalue weighted by Gasteiger charge is -2.05. The van der Waals surface area contributed by atoms with E-state index in [1.165, 1.54) is 19.5 Å². The topological polar surface area (TPSA) is 81.5 Å². The van der Waals surface area contributed by atoms with Crippen LogP contribution in [0.1, 0.15) is 16.1 Å². The molecule has 1 heterocycles. The number of esters is 1. The monoisotopic (exact) mass is 260 g/mol. The quantitative estimate of drug-likeness (QED) is 0.840. The smallest absolute Gasteiger partial charge is 0.358 e. The van der Waals surface area contributed by atoms with Crippen LogP contribution in [0.3, 0.4) is 0 Å². The third-order valence-electron chi connectivity index (χ3n) is 2.34. The van der Waals surface area contributed by atoms with Gasteiger partial charge in [0.2, 0.25) is 5.88 Å². The molecule has 0 bridgehead atoms. The molecule has 1 aromatic carbocycles. The van der Waals surface area contributed by atoms with Crippen LogP contribution in [0.25, 0.3) is 0 Å². The van der Waals surface area contributed by atoms with Crippen LogP contribution < -0.4 is 4.74 Å². The predicted molar refractivity (Wildman–Crippen MR) is 65.8 cm³/mol. The van der Waals surface area contributed by atoms with Crippen LogP contribution in [0.4, 0.5) is 0 Å². The minimum atomic E-state index is -0.575. The van der Waals surface area contributed by atoms with Crippen molar-refractivity contribution in [2.24, 2.45) is 0 Å². The lowest BCUT2D eigenvalue weighted by atomic mass is 10.2. The number of ether oxygens (including phenoxy) is 2. The Kier molecular flexibility index (Phi) is 4.04. The van der Waals surface area contributed by atoms with E-state index in [2.05, 4.69) is 14.7 Å². The molecule has 0 aliphatic carbocycles. The Morgan fingerprint density at radius 2 is 2.00 bits per heavy atom. The molecular formula is C13H12N2O4. The minimum Gasteiger partial charge on any atom is -0.464 e. The third-order valence-corrected chi connectivity index (χ3v) is 2.34. The number of hydrogen-bond acceptors (Lipinski definition) is 6. The zero-order chi connectivity index (χ0) is 13.7. The number of hydrogen-bond donors (Lipinski definition) is 1. The molecule has 98 valence electrons. The summed E-state index contributed by atoms with van der Waals surface area (Å²) in [6, 6.07) is 6.84. The number of carbonyl (C=O) groups is 1. The number of nitrogens with zero attached hydrogens (tertiary/aromatic N) is 2. The van der Waals surface area contributed by atoms with E-state index >= 15 is 0 Å². The highest BCUT2D eigenvalue weighted by Gasteiger charge is 2.09. The molecule has 0 fully saturated rings. The Bertz CT molecular complexity index is 569. The molecule has 0 amide bonds. The Labute approximate surface area is 109 Å². The summed E-state index contributed by atoms with van der Waals surface area (Å²) in [7, 11) is 1.27. The van der Waals surface area contributed by atoms with Gasteiger partial charge in [-0.05, 0) is 17.7 Å². The summed E-state index contributed by atoms with van der Waals surface area (Å²) < 4.78 is 10.00. The van der Waals surface area contributed by atoms with E-state index < -0.39 is 5.97 Å². The Balaban J connectivity index is 2.16. The van der Waals surface area contributed by atoms with Gasteiger partial charge >= 0.3 is 5.97 Å². The van der Waals surface area contributed by atoms with Crippen molar-refractivity contribution in [3.8, 4) is 11.6 Å². The van der Waals surface area contributed by atoms with Gasteiger partial charge in [0, 0.05) is 0 Å². The van der Waals surface area contributed by atoms with Gasteiger partial charge in [0.1, 0.15) is 5.75 Å². The first-order valence-corrected chi connectivity index (χ1v) is 5.51. The van der Waals surface area contributed by atoms with Gasteiger partial charge < -0.3 is 14.6 Å². The van der Waals surface area contributed by atoms with Gasteiger partial charge in [0.15, 0.2) is 5.69 Å². The van der Waals surface area contributed by atoms with E-state index in [4.69, 9.17) is 9.84 Å². The maximum Gasteiger partial charge on any atom is 0.358 e. The number of methoxy groups -OCH3 is 1. The molecule has 0 spiro atoms. The molecule has 0 saturated carbocycles. The van der Waals surface area contributed by atoms with Gasteiger partial charge in [0.05, 0.1) is 26.1 Å². The van der Waals surface area contributed by atoms with Crippen LogP contribution in [0.2, 0.25) is 0 Å². The summed E-state index contributed by atoms with van der Waals surface area (Å²) in [6.45, 7) is -0.0298. The highest BCUT2D eigenvalue weighted by atomic mass is 16.5. The van der Waals surface area contributed by atoms with E-state index in [-0.39, 0.29) is 18.2 Å². The zero-order valence-electron chi connectivity index (χ0n) is 10.2. The third kappa shape index (κ3) is 3.26. The number of aliphatic hydroxyl groups excluding tert-OH is 1. The summed E-state index contributed by atoms with van der Waals surface area (Å²) in [4.78, 5) is 19.1. The molecule has 0 saturated heterocycles. The van der Waals surface area contributed by atoms with E-state index in [9.17, 15) is 4.79 Å². The van der Waals surface area contributed by atoms with E-state index in [1.807, 2.05) is 0 Å². The van der Waals surface area contributed by atoms with Gasteiger partial charge in [-0.1, -0.05) is 12.1 Å². The van der Waals surface area contributed by atoms with Crippen molar-refractivity contribution < 1.29 is 19.4 Å². The van der Waals surface area contributed by atoms with E-state index in [0.29, 0.717) is 5.75 Å². The summed E-state index contributed by atoms with van der Waals surface area (Å²) in [5.41, 5.74) is 0.855. The van der Waals surface area contributed by atoms with Crippen molar-refractivity contribution in [2.75, 3.05) is 7.11 Å². The highest BCUT2D eigenvalue weighted by molar-refractivity contribution is 5.86. The molecule has 2 aromatic rings. The average molecular weight is 260 g/mol. The SMILES string of the molecule is COC(=O)c1cncc(Oc2ccc(CO)cc2)n1. The fourth-order valence-corrected chi connectivity index (χ4v) is 1.38. The van der Waals surface area contributed by atoms with Gasteiger partial charge in [-0.2, -0.15) is 0 Å². The van der Waals surface area contributed by atoms with Gasteiger partial charge in [-0.3, -0.25) is 4.98 Å². The summed E-state index contributed by atoms with van der Waals surface area (Å²) in [5, 5.41) is 8.93. The van der Waals surface area contributed by atoms with Crippen LogP contribution in [-0.4, -0.2) is 28.2 Å². The average Bonchev–Trinajstić information content (AvgIpc) is 2.47. The number of aromatic nitrogens is 2. The lowest BCUT2D eigenvalue weighted by Crippen LogP contribution is -2.05. The molecule has 2 rings (SSSR count). The first kappa shape index (κ1) is 13.0. The summed E-state index contributed by atoms with van der Waals surface area (Å²) in [6.07, 6.45) is 2.69. The molecule has 0 aliphatic rings. The summed E-state index contributed by atoms with van der Waals surface area (Å²) in [5.74, 6) is 0.154. The molecule has 19 heavy (non-hydrogen) atoms. The van der Waals surface area contributed by atoms with Crippen LogP contribution in [0.15, 0.2) is 36.7 Å². The van der Waals surface area contributed by atoms with Crippen molar-refractivity contribution in [3.63, 3.8) is 0 Å². The molecule has 6 nitrogen and oxygen atoms in total. The largest absolute Gasteiger partial charge is 0.464 e. The number of rotatable bonds is 4. The Morgan fingerprint density at radius 3 is 2.63 bits per heavy atom. The maximum absolute atomic E-state index is 11.3. The Hall–Kier alpha value is -2.47. The Morgan fingerprint density at radius 1 is 1.26 bits per heavy atom. The molecule has 0 radical (unpaired) electrons. The van der Waals surface area contributed by atoms with Crippen molar-refractivity contribution in [2.45, 2.75) is 6.61 Å². The van der Waals surface area contributed by atoms with E-state index in [1.54, 1.807) is 24.3 Å². The van der Waals surface area contributed by atoms with Gasteiger partial charge in [0.25, 0.3) is 0 Å². The standard InChI is InChI=1S/C13H12N2O4/c1-18-13(17)11-6-14-7-12(15-11)19-10-4-2-9(8-16)3-5-10/h2-7,16H,8H2,1H3. The van der Waals surface area contributed by atoms with E-state index in [0.717, 1.165) is 5.56 Å². The van der Waals surface area contributed by atoms with Gasteiger partial charge in [-0.15, -0.1) is 0 Å². The molecular weight excluding hydrogens is 248 g/mol. The predicted octanol–water partition coefficient (Wildman–Crippen LogP) is 1.55. The van der Waals surface area contributed by atoms with Crippen molar-refractivity contribution in [1.29, 1.82) is 0 Å². The second kappa shape index (κ2) is 5.92. The van der Waals surface area contributed by atoms with Crippen LogP contribution in [0, 0.1) is 0 Å². The minimum absolute atomic E-state index is 0.0298. The fourth-order valence-electron chi connectivity index (χ4n) is 1.38. The maximum atomic E-state index is 11.3. The normalized spacial score (nSPS) is 10.0. The zero-order valence-corrected chi connectivity index (χ0v) is 10.2. The van der Waals surface area contributed by atoms with Crippen LogP contribution in [-0.2, 0) is 11.3 Å². The molecule has 1 N–H and O–H groups in total.